The molecule has 1 aliphatic carbocycles. The van der Waals surface area contributed by atoms with Crippen LogP contribution in [0.25, 0.3) is 15.9 Å². The molecule has 8 heteroatoms. The van der Waals surface area contributed by atoms with E-state index in [0.29, 0.717) is 18.1 Å². The van der Waals surface area contributed by atoms with Crippen molar-refractivity contribution in [1.29, 1.82) is 0 Å². The standard InChI is InChI=1S/C17H21N5O2S/c1-3-21(6-7-23)17(24)14-19-15-13-11-8-10(2)4-5-12(11)25-16(13)18-9-22(15)20-14/h9-10,23H,3-8H2,1-2H3/t10-/m1/s1. The minimum Gasteiger partial charge on any atom is -0.395 e. The van der Waals surface area contributed by atoms with Gasteiger partial charge in [-0.3, -0.25) is 4.79 Å². The van der Waals surface area contributed by atoms with Gasteiger partial charge in [-0.05, 0) is 37.7 Å². The van der Waals surface area contributed by atoms with E-state index in [2.05, 4.69) is 22.0 Å². The zero-order valence-corrected chi connectivity index (χ0v) is 15.2. The second kappa shape index (κ2) is 6.34. The highest BCUT2D eigenvalue weighted by Gasteiger charge is 2.25. The lowest BCUT2D eigenvalue weighted by atomic mass is 9.89. The Morgan fingerprint density at radius 1 is 1.52 bits per heavy atom. The third-order valence-corrected chi connectivity index (χ3v) is 6.06. The first-order valence-corrected chi connectivity index (χ1v) is 9.49. The third kappa shape index (κ3) is 2.69. The highest BCUT2D eigenvalue weighted by Crippen LogP contribution is 2.38. The normalized spacial score (nSPS) is 17.2. The number of fused-ring (bicyclic) bond motifs is 5. The fourth-order valence-electron chi connectivity index (χ4n) is 3.50. The molecule has 0 unspecified atom stereocenters. The number of aliphatic hydroxyl groups is 1. The molecule has 1 N–H and O–H groups in total. The Kier molecular flexibility index (Phi) is 4.16. The summed E-state index contributed by atoms with van der Waals surface area (Å²) in [5.41, 5.74) is 2.03. The van der Waals surface area contributed by atoms with E-state index in [1.54, 1.807) is 27.1 Å². The molecule has 4 rings (SSSR count). The Bertz CT molecular complexity index is 947. The third-order valence-electron chi connectivity index (χ3n) is 4.86. The van der Waals surface area contributed by atoms with Crippen molar-refractivity contribution in [2.75, 3.05) is 19.7 Å². The molecule has 132 valence electrons. The van der Waals surface area contributed by atoms with Gasteiger partial charge >= 0.3 is 0 Å². The van der Waals surface area contributed by atoms with Crippen LogP contribution in [0.4, 0.5) is 0 Å². The SMILES string of the molecule is CCN(CCO)C(=O)c1nc2c3c4c(sc3ncn2n1)CC[C@@H](C)C4. The molecule has 3 heterocycles. The molecule has 0 fully saturated rings. The average molecular weight is 359 g/mol. The summed E-state index contributed by atoms with van der Waals surface area (Å²) < 4.78 is 1.61. The van der Waals surface area contributed by atoms with Gasteiger partial charge < -0.3 is 10.0 Å². The molecular formula is C17H21N5O2S. The van der Waals surface area contributed by atoms with E-state index in [0.717, 1.165) is 23.1 Å². The lowest BCUT2D eigenvalue weighted by molar-refractivity contribution is 0.0720. The maximum absolute atomic E-state index is 12.6. The summed E-state index contributed by atoms with van der Waals surface area (Å²) >= 11 is 1.73. The highest BCUT2D eigenvalue weighted by molar-refractivity contribution is 7.19. The average Bonchev–Trinajstić information content (AvgIpc) is 3.19. The molecule has 0 saturated carbocycles. The molecule has 25 heavy (non-hydrogen) atoms. The first-order chi connectivity index (χ1) is 12.1. The van der Waals surface area contributed by atoms with Crippen LogP contribution in [-0.4, -0.2) is 55.2 Å². The Balaban J connectivity index is 1.84. The monoisotopic (exact) mass is 359 g/mol. The van der Waals surface area contributed by atoms with E-state index in [1.807, 2.05) is 6.92 Å². The molecular weight excluding hydrogens is 338 g/mol. The van der Waals surface area contributed by atoms with Crippen LogP contribution in [0.1, 0.15) is 41.3 Å². The van der Waals surface area contributed by atoms with Crippen molar-refractivity contribution in [2.24, 2.45) is 5.92 Å². The van der Waals surface area contributed by atoms with Crippen LogP contribution in [0.3, 0.4) is 0 Å². The first kappa shape index (κ1) is 16.4. The molecule has 0 aromatic carbocycles. The Hall–Kier alpha value is -2.06. The number of hydrogen-bond acceptors (Lipinski definition) is 6. The Morgan fingerprint density at radius 2 is 2.36 bits per heavy atom. The number of thiophene rings is 1. The summed E-state index contributed by atoms with van der Waals surface area (Å²) in [7, 11) is 0. The van der Waals surface area contributed by atoms with Gasteiger partial charge in [-0.2, -0.15) is 0 Å². The minimum absolute atomic E-state index is 0.0747. The molecule has 3 aromatic rings. The number of aliphatic hydroxyl groups excluding tert-OH is 1. The maximum Gasteiger partial charge on any atom is 0.293 e. The van der Waals surface area contributed by atoms with Crippen LogP contribution in [0.5, 0.6) is 0 Å². The molecule has 0 aliphatic heterocycles. The lowest BCUT2D eigenvalue weighted by Gasteiger charge is -2.17. The molecule has 0 radical (unpaired) electrons. The van der Waals surface area contributed by atoms with Gasteiger partial charge in [-0.1, -0.05) is 6.92 Å². The van der Waals surface area contributed by atoms with Gasteiger partial charge in [0.25, 0.3) is 5.91 Å². The summed E-state index contributed by atoms with van der Waals surface area (Å²) in [5.74, 6) is 0.550. The Labute approximate surface area is 149 Å². The number of aromatic nitrogens is 4. The summed E-state index contributed by atoms with van der Waals surface area (Å²) in [5, 5.41) is 14.5. The highest BCUT2D eigenvalue weighted by atomic mass is 32.1. The zero-order chi connectivity index (χ0) is 17.6. The number of amides is 1. The van der Waals surface area contributed by atoms with Crippen molar-refractivity contribution < 1.29 is 9.90 Å². The molecule has 1 amide bonds. The largest absolute Gasteiger partial charge is 0.395 e. The second-order valence-corrected chi connectivity index (χ2v) is 7.67. The Morgan fingerprint density at radius 3 is 3.12 bits per heavy atom. The van der Waals surface area contributed by atoms with Crippen LogP contribution in [-0.2, 0) is 12.8 Å². The maximum atomic E-state index is 12.6. The molecule has 1 aliphatic rings. The van der Waals surface area contributed by atoms with Crippen molar-refractivity contribution in [3.8, 4) is 0 Å². The van der Waals surface area contributed by atoms with E-state index in [4.69, 9.17) is 5.11 Å². The fraction of sp³-hybridized carbons (Fsp3) is 0.529. The van der Waals surface area contributed by atoms with Gasteiger partial charge in [0.1, 0.15) is 11.2 Å². The van der Waals surface area contributed by atoms with Crippen molar-refractivity contribution in [1.82, 2.24) is 24.5 Å². The van der Waals surface area contributed by atoms with Gasteiger partial charge in [0.05, 0.1) is 12.0 Å². The quantitative estimate of drug-likeness (QED) is 0.769. The van der Waals surface area contributed by atoms with Gasteiger partial charge in [0.15, 0.2) is 5.65 Å². The van der Waals surface area contributed by atoms with E-state index in [1.165, 1.54) is 16.9 Å². The molecule has 7 nitrogen and oxygen atoms in total. The number of rotatable bonds is 4. The molecule has 3 aromatic heterocycles. The fourth-order valence-corrected chi connectivity index (χ4v) is 4.68. The topological polar surface area (TPSA) is 83.6 Å². The molecule has 1 atom stereocenters. The van der Waals surface area contributed by atoms with E-state index < -0.39 is 0 Å². The van der Waals surface area contributed by atoms with Crippen LogP contribution in [0.15, 0.2) is 6.33 Å². The van der Waals surface area contributed by atoms with E-state index >= 15 is 0 Å². The number of carbonyl (C=O) groups excluding carboxylic acids is 1. The number of aryl methyl sites for hydroxylation is 1. The number of carbonyl (C=O) groups is 1. The van der Waals surface area contributed by atoms with Crippen molar-refractivity contribution in [3.63, 3.8) is 0 Å². The molecule has 0 saturated heterocycles. The summed E-state index contributed by atoms with van der Waals surface area (Å²) in [6, 6.07) is 0. The molecule has 0 spiro atoms. The summed E-state index contributed by atoms with van der Waals surface area (Å²) in [4.78, 5) is 25.6. The van der Waals surface area contributed by atoms with Gasteiger partial charge in [-0.25, -0.2) is 14.5 Å². The van der Waals surface area contributed by atoms with Crippen LogP contribution < -0.4 is 0 Å². The van der Waals surface area contributed by atoms with E-state index in [9.17, 15) is 4.79 Å². The van der Waals surface area contributed by atoms with E-state index in [-0.39, 0.29) is 24.9 Å². The van der Waals surface area contributed by atoms with Crippen molar-refractivity contribution in [2.45, 2.75) is 33.1 Å². The first-order valence-electron chi connectivity index (χ1n) is 8.68. The number of likely N-dealkylation sites (N-methyl/N-ethyl adjacent to an activating group) is 1. The van der Waals surface area contributed by atoms with Crippen LogP contribution in [0, 0.1) is 5.92 Å². The van der Waals surface area contributed by atoms with Gasteiger partial charge in [-0.15, -0.1) is 16.4 Å². The second-order valence-electron chi connectivity index (χ2n) is 6.59. The van der Waals surface area contributed by atoms with Crippen molar-refractivity contribution in [3.05, 3.63) is 22.6 Å². The predicted octanol–water partition coefficient (Wildman–Crippen LogP) is 1.92. The summed E-state index contributed by atoms with van der Waals surface area (Å²) in [6.45, 7) is 4.86. The number of nitrogens with zero attached hydrogens (tertiary/aromatic N) is 5. The van der Waals surface area contributed by atoms with Crippen molar-refractivity contribution >= 4 is 33.1 Å². The zero-order valence-electron chi connectivity index (χ0n) is 14.4. The smallest absolute Gasteiger partial charge is 0.293 e. The predicted molar refractivity (Wildman–Crippen MR) is 96.0 cm³/mol. The minimum atomic E-state index is -0.258. The van der Waals surface area contributed by atoms with Crippen LogP contribution in [0.2, 0.25) is 0 Å². The lowest BCUT2D eigenvalue weighted by Crippen LogP contribution is -2.34. The van der Waals surface area contributed by atoms with Gasteiger partial charge in [0.2, 0.25) is 5.82 Å². The molecule has 0 bridgehead atoms. The summed E-state index contributed by atoms with van der Waals surface area (Å²) in [6.07, 6.45) is 4.95. The number of hydrogen-bond donors (Lipinski definition) is 1. The van der Waals surface area contributed by atoms with Gasteiger partial charge in [0, 0.05) is 18.0 Å². The van der Waals surface area contributed by atoms with Crippen LogP contribution >= 0.6 is 11.3 Å².